The monoisotopic (exact) mass is 874 g/mol. The van der Waals surface area contributed by atoms with Gasteiger partial charge in [-0.3, -0.25) is 43.7 Å². The van der Waals surface area contributed by atoms with Crippen LogP contribution in [0.4, 0.5) is 5.69 Å². The lowest BCUT2D eigenvalue weighted by molar-refractivity contribution is -0.385. The number of hydrogen-bond donors (Lipinski definition) is 7. The van der Waals surface area contributed by atoms with Gasteiger partial charge in [0.2, 0.25) is 41.4 Å². The molecule has 2 rings (SSSR count). The third-order valence-electron chi connectivity index (χ3n) is 8.02. The van der Waals surface area contributed by atoms with Gasteiger partial charge in [-0.15, -0.1) is 0 Å². The predicted molar refractivity (Wildman–Crippen MR) is 238 cm³/mol. The Morgan fingerprint density at radius 2 is 1.29 bits per heavy atom. The van der Waals surface area contributed by atoms with Crippen LogP contribution in [-0.2, 0) is 33.6 Å². The first-order valence-corrected chi connectivity index (χ1v) is 20.3. The van der Waals surface area contributed by atoms with Crippen molar-refractivity contribution in [3.63, 3.8) is 0 Å². The van der Waals surface area contributed by atoms with Crippen LogP contribution in [0.25, 0.3) is 0 Å². The highest BCUT2D eigenvalue weighted by molar-refractivity contribution is 5.94. The summed E-state index contributed by atoms with van der Waals surface area (Å²) in [4.78, 5) is 97.5. The second-order valence-electron chi connectivity index (χ2n) is 16.1. The van der Waals surface area contributed by atoms with Gasteiger partial charge in [-0.25, -0.2) is 0 Å². The summed E-state index contributed by atoms with van der Waals surface area (Å²) < 4.78 is 0. The van der Waals surface area contributed by atoms with Gasteiger partial charge in [0.25, 0.3) is 0 Å². The number of nitrogens with two attached hydrogens (primary N) is 2. The van der Waals surface area contributed by atoms with Gasteiger partial charge < -0.3 is 47.6 Å². The van der Waals surface area contributed by atoms with Gasteiger partial charge in [0, 0.05) is 20.2 Å². The fourth-order valence-electron chi connectivity index (χ4n) is 5.02. The van der Waals surface area contributed by atoms with Crippen LogP contribution in [-0.4, -0.2) is 120 Å². The van der Waals surface area contributed by atoms with Crippen molar-refractivity contribution in [3.05, 3.63) is 69.8 Å². The zero-order chi connectivity index (χ0) is 48.3. The second kappa shape index (κ2) is 30.8. The van der Waals surface area contributed by atoms with Crippen molar-refractivity contribution >= 4 is 47.0 Å². The molecule has 0 saturated carbocycles. The number of carbonyl (C=O) groups is 7. The van der Waals surface area contributed by atoms with E-state index in [1.165, 1.54) is 43.6 Å². The van der Waals surface area contributed by atoms with Crippen LogP contribution >= 0.6 is 0 Å². The average molecular weight is 874 g/mol. The molecule has 2 aromatic carbocycles. The molecule has 0 aliphatic carbocycles. The summed E-state index contributed by atoms with van der Waals surface area (Å²) in [6.07, 6.45) is 0.655. The molecule has 0 spiro atoms. The summed E-state index contributed by atoms with van der Waals surface area (Å²) in [7, 11) is 2.82. The van der Waals surface area contributed by atoms with Crippen molar-refractivity contribution < 1.29 is 43.6 Å². The van der Waals surface area contributed by atoms with Crippen molar-refractivity contribution in [2.45, 2.75) is 100 Å². The summed E-state index contributed by atoms with van der Waals surface area (Å²) in [5, 5.41) is 29.0. The van der Waals surface area contributed by atoms with Gasteiger partial charge in [-0.1, -0.05) is 90.4 Å². The van der Waals surface area contributed by atoms with E-state index in [4.69, 9.17) is 16.6 Å². The highest BCUT2D eigenvalue weighted by atomic mass is 16.6. The van der Waals surface area contributed by atoms with E-state index >= 15 is 0 Å². The Morgan fingerprint density at radius 1 is 0.758 bits per heavy atom. The van der Waals surface area contributed by atoms with E-state index < -0.39 is 77.5 Å². The molecule has 0 aliphatic rings. The van der Waals surface area contributed by atoms with E-state index in [1.807, 2.05) is 45.9 Å². The molecule has 3 unspecified atom stereocenters. The Morgan fingerprint density at radius 3 is 1.73 bits per heavy atom. The molecule has 7 amide bonds. The van der Waals surface area contributed by atoms with E-state index in [2.05, 4.69) is 61.1 Å². The summed E-state index contributed by atoms with van der Waals surface area (Å²) in [5.74, 6) is -3.43. The molecule has 62 heavy (non-hydrogen) atoms. The maximum Gasteiger partial charge on any atom is 0.310 e. The largest absolute Gasteiger partial charge is 0.502 e. The SMILES string of the molecule is CC(C)C.CC(C)CC(NC(=O)CN(C)C(=O)C(C)NC(=O)CNC(=O)C(CC(C)C)N(C)C(=O)CN)C(=O)NCC(N)=O.Cc1ccc(O)c([N+](=O)[O-])c1.Cc1ccccc1. The number of amides is 7. The number of phenols is 1. The number of carbonyl (C=O) groups excluding carboxylic acids is 7. The van der Waals surface area contributed by atoms with Gasteiger partial charge in [0.05, 0.1) is 31.1 Å². The molecule has 0 aliphatic heterocycles. The number of benzene rings is 2. The summed E-state index contributed by atoms with van der Waals surface area (Å²) in [6.45, 7) is 17.8. The Bertz CT molecular complexity index is 1740. The standard InChI is InChI=1S/C25H46N8O7.C7H7NO3.C7H8.C4H10/c1-14(2)8-17(23(38)28-11-19(27)34)31-21(36)13-32(6)25(40)16(5)30-20(35)12-29-24(39)18(9-15(3)4)33(7)22(37)10-26;1-5-2-3-7(9)6(4-5)8(10)11;1-7-5-3-2-4-6-7;1-4(2)3/h14-18H,8-13,26H2,1-7H3,(H2,27,34)(H,28,38)(H,29,39)(H,30,35)(H,31,36);2-4,9H,1H3;2-6H,1H3;4H,1-3H3. The highest BCUT2D eigenvalue weighted by Crippen LogP contribution is 2.25. The van der Waals surface area contributed by atoms with E-state index in [0.717, 1.165) is 16.4 Å². The number of primary amides is 1. The average Bonchev–Trinajstić information content (AvgIpc) is 3.17. The first-order chi connectivity index (χ1) is 28.7. The maximum absolute atomic E-state index is 12.7. The molecule has 0 saturated heterocycles. The lowest BCUT2D eigenvalue weighted by Crippen LogP contribution is -2.54. The molecule has 0 heterocycles. The minimum absolute atomic E-state index is 0.0434. The van der Waals surface area contributed by atoms with Crippen molar-refractivity contribution in [2.24, 2.45) is 29.2 Å². The third kappa shape index (κ3) is 26.9. The zero-order valence-electron chi connectivity index (χ0n) is 38.4. The molecule has 0 fully saturated rings. The molecule has 19 nitrogen and oxygen atoms in total. The van der Waals surface area contributed by atoms with E-state index in [-0.39, 0.29) is 36.4 Å². The van der Waals surface area contributed by atoms with Crippen molar-refractivity contribution in [1.82, 2.24) is 31.1 Å². The van der Waals surface area contributed by atoms with E-state index in [9.17, 15) is 43.7 Å². The number of rotatable bonds is 18. The van der Waals surface area contributed by atoms with Gasteiger partial charge >= 0.3 is 5.69 Å². The number of phenolic OH excluding ortho intramolecular Hbond substituents is 1. The molecule has 9 N–H and O–H groups in total. The predicted octanol–water partition coefficient (Wildman–Crippen LogP) is 2.30. The van der Waals surface area contributed by atoms with Crippen molar-refractivity contribution in [3.8, 4) is 5.75 Å². The molecule has 19 heteroatoms. The summed E-state index contributed by atoms with van der Waals surface area (Å²) in [5.41, 5.74) is 12.3. The Balaban J connectivity index is 0. The zero-order valence-corrected chi connectivity index (χ0v) is 38.4. The molecule has 0 aromatic heterocycles. The number of nitro groups is 1. The number of aromatic hydroxyl groups is 1. The van der Waals surface area contributed by atoms with Crippen molar-refractivity contribution in [1.29, 1.82) is 0 Å². The Kier molecular flexibility index (Phi) is 28.8. The molecule has 0 bridgehead atoms. The fourth-order valence-corrected chi connectivity index (χ4v) is 5.02. The number of likely N-dealkylation sites (N-methyl/N-ethyl adjacent to an activating group) is 2. The smallest absolute Gasteiger partial charge is 0.310 e. The number of nitro benzene ring substituents is 1. The minimum atomic E-state index is -1.03. The first kappa shape index (κ1) is 58.0. The normalized spacial score (nSPS) is 11.7. The highest BCUT2D eigenvalue weighted by Gasteiger charge is 2.29. The van der Waals surface area contributed by atoms with Gasteiger partial charge in [-0.2, -0.15) is 0 Å². The van der Waals surface area contributed by atoms with Crippen LogP contribution in [0.15, 0.2) is 48.5 Å². The van der Waals surface area contributed by atoms with Crippen LogP contribution in [0, 0.1) is 41.7 Å². The van der Waals surface area contributed by atoms with Gasteiger partial charge in [0.15, 0.2) is 5.75 Å². The van der Waals surface area contributed by atoms with Gasteiger partial charge in [-0.05, 0) is 63.0 Å². The third-order valence-corrected chi connectivity index (χ3v) is 8.02. The van der Waals surface area contributed by atoms with Crippen LogP contribution < -0.4 is 32.7 Å². The van der Waals surface area contributed by atoms with Crippen molar-refractivity contribution in [2.75, 3.05) is 40.3 Å². The minimum Gasteiger partial charge on any atom is -0.502 e. The van der Waals surface area contributed by atoms with E-state index in [1.54, 1.807) is 13.0 Å². The summed E-state index contributed by atoms with van der Waals surface area (Å²) >= 11 is 0. The van der Waals surface area contributed by atoms with E-state index in [0.29, 0.717) is 12.8 Å². The molecule has 2 aromatic rings. The van der Waals surface area contributed by atoms with Crippen LogP contribution in [0.2, 0.25) is 0 Å². The maximum atomic E-state index is 12.7. The summed E-state index contributed by atoms with van der Waals surface area (Å²) in [6, 6.07) is 11.7. The fraction of sp³-hybridized carbons (Fsp3) is 0.558. The van der Waals surface area contributed by atoms with Crippen LogP contribution in [0.5, 0.6) is 5.75 Å². The number of nitrogens with zero attached hydrogens (tertiary/aromatic N) is 3. The van der Waals surface area contributed by atoms with Gasteiger partial charge in [0.1, 0.15) is 18.1 Å². The quantitative estimate of drug-likeness (QED) is 0.0843. The number of nitrogens with one attached hydrogen (secondary N) is 4. The Labute approximate surface area is 366 Å². The molecular formula is C43H71N9O10. The second-order valence-corrected chi connectivity index (χ2v) is 16.1. The number of aryl methyl sites for hydroxylation is 2. The lowest BCUT2D eigenvalue weighted by Gasteiger charge is -2.28. The van der Waals surface area contributed by atoms with Crippen LogP contribution in [0.3, 0.4) is 0 Å². The molecule has 348 valence electrons. The topological polar surface area (TPSA) is 290 Å². The first-order valence-electron chi connectivity index (χ1n) is 20.3. The Hall–Kier alpha value is -6.11. The molecule has 0 radical (unpaired) electrons. The van der Waals surface area contributed by atoms with Crippen LogP contribution in [0.1, 0.15) is 79.4 Å². The molecule has 3 atom stereocenters. The molecular weight excluding hydrogens is 803 g/mol. The number of hydrogen-bond acceptors (Lipinski definition) is 11. The lowest BCUT2D eigenvalue weighted by atomic mass is 10.0.